The zero-order valence-corrected chi connectivity index (χ0v) is 15.1. The summed E-state index contributed by atoms with van der Waals surface area (Å²) in [4.78, 5) is 12.0. The Labute approximate surface area is 156 Å². The van der Waals surface area contributed by atoms with Crippen LogP contribution in [0.3, 0.4) is 0 Å². The highest BCUT2D eigenvalue weighted by Gasteiger charge is 2.11. The SMILES string of the molecule is C[C@H](NCc1cc(=O)oc2ccc3ccccc3c12)c1cccc(Cl)c1. The van der Waals surface area contributed by atoms with E-state index in [0.717, 1.165) is 27.3 Å². The number of benzene rings is 3. The summed E-state index contributed by atoms with van der Waals surface area (Å²) in [7, 11) is 0. The second kappa shape index (κ2) is 6.94. The highest BCUT2D eigenvalue weighted by atomic mass is 35.5. The Hall–Kier alpha value is -2.62. The topological polar surface area (TPSA) is 42.2 Å². The quantitative estimate of drug-likeness (QED) is 0.387. The van der Waals surface area contributed by atoms with Crippen LogP contribution in [-0.2, 0) is 6.54 Å². The minimum Gasteiger partial charge on any atom is -0.423 e. The molecule has 1 atom stereocenters. The van der Waals surface area contributed by atoms with Crippen LogP contribution < -0.4 is 10.9 Å². The Morgan fingerprint density at radius 3 is 2.73 bits per heavy atom. The molecule has 4 heteroatoms. The van der Waals surface area contributed by atoms with Gasteiger partial charge in [0.25, 0.3) is 0 Å². The maximum atomic E-state index is 12.0. The number of nitrogens with one attached hydrogen (secondary N) is 1. The van der Waals surface area contributed by atoms with Crippen molar-refractivity contribution in [2.75, 3.05) is 0 Å². The van der Waals surface area contributed by atoms with Gasteiger partial charge in [-0.25, -0.2) is 4.79 Å². The van der Waals surface area contributed by atoms with Gasteiger partial charge in [-0.1, -0.05) is 54.1 Å². The lowest BCUT2D eigenvalue weighted by molar-refractivity contribution is 0.548. The Bertz CT molecular complexity index is 1150. The van der Waals surface area contributed by atoms with Gasteiger partial charge in [0.2, 0.25) is 0 Å². The lowest BCUT2D eigenvalue weighted by atomic mass is 10.0. The van der Waals surface area contributed by atoms with Crippen LogP contribution in [0.1, 0.15) is 24.1 Å². The average Bonchev–Trinajstić information content (AvgIpc) is 2.65. The summed E-state index contributed by atoms with van der Waals surface area (Å²) in [6.07, 6.45) is 0. The van der Waals surface area contributed by atoms with Crippen LogP contribution in [0.2, 0.25) is 5.02 Å². The lowest BCUT2D eigenvalue weighted by Crippen LogP contribution is -2.19. The van der Waals surface area contributed by atoms with E-state index in [0.29, 0.717) is 17.2 Å². The van der Waals surface area contributed by atoms with Gasteiger partial charge in [-0.05, 0) is 47.0 Å². The Morgan fingerprint density at radius 1 is 1.04 bits per heavy atom. The highest BCUT2D eigenvalue weighted by molar-refractivity contribution is 6.30. The first kappa shape index (κ1) is 16.8. The standard InChI is InChI=1S/C22H18ClNO2/c1-14(16-6-4-7-18(23)11-16)24-13-17-12-21(25)26-20-10-9-15-5-2-3-8-19(15)22(17)20/h2-12,14,24H,13H2,1H3/t14-/m0/s1. The molecule has 4 aromatic rings. The van der Waals surface area contributed by atoms with Crippen molar-refractivity contribution in [1.29, 1.82) is 0 Å². The fraction of sp³-hybridized carbons (Fsp3) is 0.136. The summed E-state index contributed by atoms with van der Waals surface area (Å²) in [5, 5.41) is 7.39. The van der Waals surface area contributed by atoms with Gasteiger partial charge in [0.15, 0.2) is 0 Å². The van der Waals surface area contributed by atoms with Gasteiger partial charge in [0.05, 0.1) is 0 Å². The van der Waals surface area contributed by atoms with Crippen molar-refractivity contribution in [3.63, 3.8) is 0 Å². The second-order valence-electron chi connectivity index (χ2n) is 6.41. The fourth-order valence-electron chi connectivity index (χ4n) is 3.32. The molecule has 0 unspecified atom stereocenters. The minimum atomic E-state index is -0.333. The molecule has 0 saturated carbocycles. The molecule has 0 radical (unpaired) electrons. The van der Waals surface area contributed by atoms with E-state index in [1.807, 2.05) is 48.5 Å². The van der Waals surface area contributed by atoms with E-state index in [4.69, 9.17) is 16.0 Å². The molecule has 1 N–H and O–H groups in total. The molecule has 0 amide bonds. The molecule has 0 aliphatic rings. The summed E-state index contributed by atoms with van der Waals surface area (Å²) in [6.45, 7) is 2.64. The van der Waals surface area contributed by atoms with Crippen molar-refractivity contribution >= 4 is 33.3 Å². The van der Waals surface area contributed by atoms with Crippen molar-refractivity contribution in [1.82, 2.24) is 5.32 Å². The zero-order chi connectivity index (χ0) is 18.1. The van der Waals surface area contributed by atoms with Crippen molar-refractivity contribution in [2.45, 2.75) is 19.5 Å². The summed E-state index contributed by atoms with van der Waals surface area (Å²) in [5.74, 6) is 0. The monoisotopic (exact) mass is 363 g/mol. The molecular weight excluding hydrogens is 346 g/mol. The van der Waals surface area contributed by atoms with E-state index in [9.17, 15) is 4.79 Å². The summed E-state index contributed by atoms with van der Waals surface area (Å²) in [5.41, 5.74) is 2.32. The molecule has 0 aliphatic heterocycles. The minimum absolute atomic E-state index is 0.103. The number of hydrogen-bond acceptors (Lipinski definition) is 3. The molecule has 0 bridgehead atoms. The van der Waals surface area contributed by atoms with E-state index in [1.165, 1.54) is 0 Å². The number of halogens is 1. The van der Waals surface area contributed by atoms with E-state index in [2.05, 4.69) is 24.4 Å². The average molecular weight is 364 g/mol. The predicted molar refractivity (Wildman–Crippen MR) is 107 cm³/mol. The molecule has 3 nitrogen and oxygen atoms in total. The maximum Gasteiger partial charge on any atom is 0.336 e. The van der Waals surface area contributed by atoms with E-state index in [-0.39, 0.29) is 11.7 Å². The van der Waals surface area contributed by atoms with E-state index < -0.39 is 0 Å². The molecule has 0 fully saturated rings. The maximum absolute atomic E-state index is 12.0. The third-order valence-corrected chi connectivity index (χ3v) is 4.90. The van der Waals surface area contributed by atoms with Gasteiger partial charge in [-0.2, -0.15) is 0 Å². The van der Waals surface area contributed by atoms with Crippen LogP contribution in [0.4, 0.5) is 0 Å². The zero-order valence-electron chi connectivity index (χ0n) is 14.3. The van der Waals surface area contributed by atoms with Crippen LogP contribution in [0, 0.1) is 0 Å². The third-order valence-electron chi connectivity index (χ3n) is 4.66. The lowest BCUT2D eigenvalue weighted by Gasteiger charge is -2.16. The van der Waals surface area contributed by atoms with Gasteiger partial charge in [-0.3, -0.25) is 0 Å². The number of hydrogen-bond donors (Lipinski definition) is 1. The van der Waals surface area contributed by atoms with Crippen molar-refractivity contribution in [2.24, 2.45) is 0 Å². The summed E-state index contributed by atoms with van der Waals surface area (Å²) < 4.78 is 5.42. The molecule has 0 spiro atoms. The normalized spacial score (nSPS) is 12.5. The molecular formula is C22H18ClNO2. The summed E-state index contributed by atoms with van der Waals surface area (Å²) in [6, 6.07) is 21.4. The first-order valence-electron chi connectivity index (χ1n) is 8.55. The highest BCUT2D eigenvalue weighted by Crippen LogP contribution is 2.28. The molecule has 26 heavy (non-hydrogen) atoms. The van der Waals surface area contributed by atoms with Gasteiger partial charge in [0, 0.05) is 29.1 Å². The number of fused-ring (bicyclic) bond motifs is 3. The van der Waals surface area contributed by atoms with Crippen LogP contribution in [0.15, 0.2) is 75.9 Å². The molecule has 130 valence electrons. The molecule has 0 aliphatic carbocycles. The van der Waals surface area contributed by atoms with E-state index >= 15 is 0 Å². The third kappa shape index (κ3) is 3.24. The fourth-order valence-corrected chi connectivity index (χ4v) is 3.52. The van der Waals surface area contributed by atoms with Crippen LogP contribution in [-0.4, -0.2) is 0 Å². The van der Waals surface area contributed by atoms with Crippen molar-refractivity contribution in [3.8, 4) is 0 Å². The van der Waals surface area contributed by atoms with Gasteiger partial charge in [-0.15, -0.1) is 0 Å². The largest absolute Gasteiger partial charge is 0.423 e. The van der Waals surface area contributed by atoms with E-state index in [1.54, 1.807) is 6.07 Å². The van der Waals surface area contributed by atoms with Crippen LogP contribution in [0.5, 0.6) is 0 Å². The van der Waals surface area contributed by atoms with Gasteiger partial charge >= 0.3 is 5.63 Å². The van der Waals surface area contributed by atoms with Crippen molar-refractivity contribution < 1.29 is 4.42 Å². The van der Waals surface area contributed by atoms with Crippen molar-refractivity contribution in [3.05, 3.63) is 93.3 Å². The first-order chi connectivity index (χ1) is 12.6. The van der Waals surface area contributed by atoms with Gasteiger partial charge in [0.1, 0.15) is 5.58 Å². The molecule has 0 saturated heterocycles. The Morgan fingerprint density at radius 2 is 1.88 bits per heavy atom. The number of rotatable bonds is 4. The molecule has 1 heterocycles. The van der Waals surface area contributed by atoms with Gasteiger partial charge < -0.3 is 9.73 Å². The van der Waals surface area contributed by atoms with Crippen LogP contribution in [0.25, 0.3) is 21.7 Å². The molecule has 4 rings (SSSR count). The molecule has 3 aromatic carbocycles. The second-order valence-corrected chi connectivity index (χ2v) is 6.84. The Kier molecular flexibility index (Phi) is 4.49. The Balaban J connectivity index is 1.74. The summed E-state index contributed by atoms with van der Waals surface area (Å²) >= 11 is 6.09. The smallest absolute Gasteiger partial charge is 0.336 e. The van der Waals surface area contributed by atoms with Crippen LogP contribution >= 0.6 is 11.6 Å². The first-order valence-corrected chi connectivity index (χ1v) is 8.93. The predicted octanol–water partition coefficient (Wildman–Crippen LogP) is 5.45. The molecule has 1 aromatic heterocycles.